The van der Waals surface area contributed by atoms with Crippen LogP contribution < -0.4 is 10.6 Å². The number of carbonyl (C=O) groups excluding carboxylic acids is 3. The first-order chi connectivity index (χ1) is 13.5. The molecule has 1 aromatic rings. The average Bonchev–Trinajstić information content (AvgIpc) is 2.88. The standard InChI is InChI=1S/C22H27N3O3/c26-19(24-22-10-15-6-16(11-22)8-17(7-15)12-22)13-25-20(27)18(23-21(25)28)9-14-4-2-1-3-5-14/h1-5,15-18H,6-13H2,(H,23,28)(H,24,26)/t15?,16?,17?,18-,22?/m1/s1. The molecule has 28 heavy (non-hydrogen) atoms. The highest BCUT2D eigenvalue weighted by molar-refractivity contribution is 6.06. The van der Waals surface area contributed by atoms with Crippen molar-refractivity contribution in [1.82, 2.24) is 15.5 Å². The van der Waals surface area contributed by atoms with E-state index in [1.807, 2.05) is 30.3 Å². The van der Waals surface area contributed by atoms with E-state index in [2.05, 4.69) is 10.6 Å². The highest BCUT2D eigenvalue weighted by atomic mass is 16.2. The number of carbonyl (C=O) groups is 3. The summed E-state index contributed by atoms with van der Waals surface area (Å²) in [6, 6.07) is 8.54. The van der Waals surface area contributed by atoms with Gasteiger partial charge in [-0.05, 0) is 61.8 Å². The quantitative estimate of drug-likeness (QED) is 0.768. The summed E-state index contributed by atoms with van der Waals surface area (Å²) in [4.78, 5) is 38.8. The molecular weight excluding hydrogens is 354 g/mol. The Morgan fingerprint density at radius 2 is 1.64 bits per heavy atom. The summed E-state index contributed by atoms with van der Waals surface area (Å²) in [6.07, 6.45) is 7.54. The van der Waals surface area contributed by atoms with Gasteiger partial charge in [0.25, 0.3) is 5.91 Å². The molecule has 1 aromatic carbocycles. The van der Waals surface area contributed by atoms with Crippen molar-refractivity contribution in [3.8, 4) is 0 Å². The van der Waals surface area contributed by atoms with Crippen LogP contribution in [0, 0.1) is 17.8 Å². The summed E-state index contributed by atoms with van der Waals surface area (Å²) in [5, 5.41) is 5.97. The van der Waals surface area contributed by atoms with Gasteiger partial charge in [0.2, 0.25) is 5.91 Å². The van der Waals surface area contributed by atoms with Crippen LogP contribution in [0.4, 0.5) is 4.79 Å². The number of nitrogens with one attached hydrogen (secondary N) is 2. The van der Waals surface area contributed by atoms with Gasteiger partial charge in [0.05, 0.1) is 0 Å². The van der Waals surface area contributed by atoms with E-state index >= 15 is 0 Å². The first kappa shape index (κ1) is 17.7. The molecule has 6 nitrogen and oxygen atoms in total. The lowest BCUT2D eigenvalue weighted by Crippen LogP contribution is -2.61. The van der Waals surface area contributed by atoms with Gasteiger partial charge in [-0.2, -0.15) is 0 Å². The fourth-order valence-electron chi connectivity index (χ4n) is 6.46. The van der Waals surface area contributed by atoms with E-state index in [1.165, 1.54) is 19.3 Å². The minimum absolute atomic E-state index is 0.103. The monoisotopic (exact) mass is 381 g/mol. The lowest BCUT2D eigenvalue weighted by Gasteiger charge is -2.56. The molecule has 6 heteroatoms. The molecule has 4 bridgehead atoms. The van der Waals surface area contributed by atoms with Crippen LogP contribution in [0.25, 0.3) is 0 Å². The van der Waals surface area contributed by atoms with Gasteiger partial charge in [-0.1, -0.05) is 30.3 Å². The number of rotatable bonds is 5. The van der Waals surface area contributed by atoms with Crippen LogP contribution in [0.3, 0.4) is 0 Å². The third-order valence-corrected chi connectivity index (χ3v) is 7.13. The fraction of sp³-hybridized carbons (Fsp3) is 0.591. The first-order valence-corrected chi connectivity index (χ1v) is 10.5. The lowest BCUT2D eigenvalue weighted by molar-refractivity contribution is -0.134. The van der Waals surface area contributed by atoms with Gasteiger partial charge in [-0.15, -0.1) is 0 Å². The summed E-state index contributed by atoms with van der Waals surface area (Å²) in [5.41, 5.74) is 0.884. The maximum absolute atomic E-state index is 12.8. The van der Waals surface area contributed by atoms with E-state index < -0.39 is 12.1 Å². The topological polar surface area (TPSA) is 78.5 Å². The number of benzene rings is 1. The lowest BCUT2D eigenvalue weighted by atomic mass is 9.53. The number of urea groups is 1. The molecule has 5 aliphatic rings. The highest BCUT2D eigenvalue weighted by Gasteiger charge is 2.51. The van der Waals surface area contributed by atoms with E-state index in [0.717, 1.165) is 47.5 Å². The Bertz CT molecular complexity index is 771. The van der Waals surface area contributed by atoms with Gasteiger partial charge in [0.1, 0.15) is 12.6 Å². The maximum atomic E-state index is 12.8. The van der Waals surface area contributed by atoms with Crippen molar-refractivity contribution in [3.05, 3.63) is 35.9 Å². The molecule has 1 saturated heterocycles. The zero-order chi connectivity index (χ0) is 19.3. The molecule has 6 rings (SSSR count). The van der Waals surface area contributed by atoms with E-state index in [-0.39, 0.29) is 23.9 Å². The summed E-state index contributed by atoms with van der Waals surface area (Å²) in [7, 11) is 0. The zero-order valence-electron chi connectivity index (χ0n) is 16.0. The third-order valence-electron chi connectivity index (χ3n) is 7.13. The molecule has 5 fully saturated rings. The van der Waals surface area contributed by atoms with Crippen molar-refractivity contribution in [2.24, 2.45) is 17.8 Å². The highest BCUT2D eigenvalue weighted by Crippen LogP contribution is 2.55. The molecule has 0 radical (unpaired) electrons. The SMILES string of the molecule is O=C(CN1C(=O)N[C@H](Cc2ccccc2)C1=O)NC12CC3CC(CC(C3)C1)C2. The normalized spacial score (nSPS) is 35.9. The van der Waals surface area contributed by atoms with Gasteiger partial charge < -0.3 is 10.6 Å². The minimum atomic E-state index is -0.595. The van der Waals surface area contributed by atoms with Gasteiger partial charge >= 0.3 is 6.03 Å². The smallest absolute Gasteiger partial charge is 0.325 e. The largest absolute Gasteiger partial charge is 0.349 e. The zero-order valence-corrected chi connectivity index (χ0v) is 16.0. The number of nitrogens with zero attached hydrogens (tertiary/aromatic N) is 1. The molecule has 4 aliphatic carbocycles. The molecule has 2 N–H and O–H groups in total. The molecule has 1 atom stereocenters. The van der Waals surface area contributed by atoms with Crippen molar-refractivity contribution < 1.29 is 14.4 Å². The van der Waals surface area contributed by atoms with Crippen LogP contribution in [0.5, 0.6) is 0 Å². The summed E-state index contributed by atoms with van der Waals surface area (Å²) >= 11 is 0. The summed E-state index contributed by atoms with van der Waals surface area (Å²) < 4.78 is 0. The molecule has 1 heterocycles. The van der Waals surface area contributed by atoms with Gasteiger partial charge in [0, 0.05) is 12.0 Å². The van der Waals surface area contributed by atoms with Crippen LogP contribution >= 0.6 is 0 Å². The summed E-state index contributed by atoms with van der Waals surface area (Å²) in [6.45, 7) is -0.183. The number of amides is 4. The fourth-order valence-corrected chi connectivity index (χ4v) is 6.46. The van der Waals surface area contributed by atoms with Crippen LogP contribution in [0.15, 0.2) is 30.3 Å². The summed E-state index contributed by atoms with van der Waals surface area (Å²) in [5.74, 6) is 1.69. The maximum Gasteiger partial charge on any atom is 0.325 e. The predicted molar refractivity (Wildman–Crippen MR) is 103 cm³/mol. The van der Waals surface area contributed by atoms with Crippen LogP contribution in [-0.2, 0) is 16.0 Å². The molecule has 0 spiro atoms. The van der Waals surface area contributed by atoms with E-state index in [1.54, 1.807) is 0 Å². The van der Waals surface area contributed by atoms with Crippen molar-refractivity contribution in [1.29, 1.82) is 0 Å². The number of hydrogen-bond donors (Lipinski definition) is 2. The Morgan fingerprint density at radius 1 is 1.04 bits per heavy atom. The Hall–Kier alpha value is -2.37. The van der Waals surface area contributed by atoms with E-state index in [9.17, 15) is 14.4 Å². The van der Waals surface area contributed by atoms with Crippen molar-refractivity contribution in [2.75, 3.05) is 6.54 Å². The molecule has 1 aliphatic heterocycles. The molecule has 0 unspecified atom stereocenters. The minimum Gasteiger partial charge on any atom is -0.349 e. The number of hydrogen-bond acceptors (Lipinski definition) is 3. The van der Waals surface area contributed by atoms with Crippen molar-refractivity contribution >= 4 is 17.8 Å². The molecular formula is C22H27N3O3. The second-order valence-electron chi connectivity index (χ2n) is 9.36. The molecule has 0 aromatic heterocycles. The van der Waals surface area contributed by atoms with Crippen LogP contribution in [0.2, 0.25) is 0 Å². The second-order valence-corrected chi connectivity index (χ2v) is 9.36. The van der Waals surface area contributed by atoms with Crippen molar-refractivity contribution in [2.45, 2.75) is 56.5 Å². The molecule has 4 saturated carbocycles. The van der Waals surface area contributed by atoms with E-state index in [0.29, 0.717) is 6.42 Å². The first-order valence-electron chi connectivity index (χ1n) is 10.5. The Labute approximate surface area is 165 Å². The van der Waals surface area contributed by atoms with Crippen molar-refractivity contribution in [3.63, 3.8) is 0 Å². The van der Waals surface area contributed by atoms with Gasteiger partial charge in [0.15, 0.2) is 0 Å². The van der Waals surface area contributed by atoms with E-state index in [4.69, 9.17) is 0 Å². The number of imide groups is 1. The van der Waals surface area contributed by atoms with Crippen LogP contribution in [-0.4, -0.2) is 40.9 Å². The van der Waals surface area contributed by atoms with Crippen LogP contribution in [0.1, 0.15) is 44.1 Å². The Morgan fingerprint density at radius 3 is 2.25 bits per heavy atom. The predicted octanol–water partition coefficient (Wildman–Crippen LogP) is 2.23. The third kappa shape index (κ3) is 3.19. The molecule has 148 valence electrons. The second kappa shape index (κ2) is 6.61. The Balaban J connectivity index is 1.22. The van der Waals surface area contributed by atoms with Gasteiger partial charge in [-0.3, -0.25) is 14.5 Å². The molecule has 4 amide bonds. The van der Waals surface area contributed by atoms with Gasteiger partial charge in [-0.25, -0.2) is 4.79 Å². The Kier molecular flexibility index (Phi) is 4.18. The average molecular weight is 381 g/mol.